The van der Waals surface area contributed by atoms with Crippen molar-refractivity contribution in [2.75, 3.05) is 13.1 Å². The van der Waals surface area contributed by atoms with Crippen molar-refractivity contribution in [3.8, 4) is 5.69 Å². The van der Waals surface area contributed by atoms with Crippen LogP contribution in [-0.2, 0) is 17.3 Å². The van der Waals surface area contributed by atoms with Gasteiger partial charge in [0.15, 0.2) is 5.78 Å². The number of ether oxygens (including phenoxy) is 1. The zero-order valence-corrected chi connectivity index (χ0v) is 21.2. The first-order valence-corrected chi connectivity index (χ1v) is 12.3. The van der Waals surface area contributed by atoms with Crippen LogP contribution in [0.15, 0.2) is 60.4 Å². The molecular formula is C28H27F3N4O3. The van der Waals surface area contributed by atoms with Crippen LogP contribution in [0.5, 0.6) is 0 Å². The first kappa shape index (κ1) is 25.7. The lowest BCUT2D eigenvalue weighted by atomic mass is 9.65. The number of alkyl halides is 3. The second-order valence-electron chi connectivity index (χ2n) is 10.6. The number of fused-ring (bicyclic) bond motifs is 2. The number of aromatic nitrogens is 3. The van der Waals surface area contributed by atoms with Gasteiger partial charge in [-0.3, -0.25) is 9.78 Å². The van der Waals surface area contributed by atoms with E-state index in [2.05, 4.69) is 10.1 Å². The maximum atomic E-state index is 14.0. The van der Waals surface area contributed by atoms with Gasteiger partial charge in [-0.15, -0.1) is 0 Å². The number of carbonyl (C=O) groups excluding carboxylic acids is 2. The maximum absolute atomic E-state index is 14.0. The minimum atomic E-state index is -4.43. The predicted octanol–water partition coefficient (Wildman–Crippen LogP) is 5.74. The van der Waals surface area contributed by atoms with Gasteiger partial charge in [-0.25, -0.2) is 9.48 Å². The van der Waals surface area contributed by atoms with Gasteiger partial charge in [0.2, 0.25) is 0 Å². The second kappa shape index (κ2) is 9.11. The van der Waals surface area contributed by atoms with Crippen LogP contribution in [-0.4, -0.2) is 50.2 Å². The Morgan fingerprint density at radius 3 is 2.42 bits per heavy atom. The summed E-state index contributed by atoms with van der Waals surface area (Å²) in [7, 11) is 0. The molecule has 1 aromatic carbocycles. The number of halogens is 3. The Bertz CT molecular complexity index is 1410. The third-order valence-corrected chi connectivity index (χ3v) is 6.84. The van der Waals surface area contributed by atoms with Crippen molar-refractivity contribution >= 4 is 18.0 Å². The molecule has 0 saturated carbocycles. The highest BCUT2D eigenvalue weighted by Gasteiger charge is 2.50. The van der Waals surface area contributed by atoms with Gasteiger partial charge in [0, 0.05) is 19.3 Å². The normalized spacial score (nSPS) is 19.3. The van der Waals surface area contributed by atoms with Crippen LogP contribution in [0, 0.1) is 5.41 Å². The number of piperidine rings is 1. The minimum absolute atomic E-state index is 0.119. The molecule has 2 aromatic heterocycles. The molecule has 0 spiro atoms. The number of nitrogens with zero attached hydrogens (tertiary/aromatic N) is 4. The number of Topliss-reactive ketones (excluding diaryl/α,β-unsaturated/α-hetero) is 1. The molecule has 1 aliphatic heterocycles. The smallest absolute Gasteiger partial charge is 0.416 e. The molecule has 10 heteroatoms. The van der Waals surface area contributed by atoms with Crippen LogP contribution >= 0.6 is 0 Å². The number of likely N-dealkylation sites (tertiary alicyclic amines) is 1. The van der Waals surface area contributed by atoms with Crippen LogP contribution in [0.3, 0.4) is 0 Å². The molecule has 3 aromatic rings. The molecule has 1 unspecified atom stereocenters. The van der Waals surface area contributed by atoms with Gasteiger partial charge in [-0.05, 0) is 81.7 Å². The Balaban J connectivity index is 1.54. The summed E-state index contributed by atoms with van der Waals surface area (Å²) in [6, 6.07) is 9.92. The fraction of sp³-hybridized carbons (Fsp3) is 0.357. The van der Waals surface area contributed by atoms with E-state index in [0.29, 0.717) is 30.0 Å². The summed E-state index contributed by atoms with van der Waals surface area (Å²) in [6.45, 7) is 5.85. The second-order valence-corrected chi connectivity index (χ2v) is 10.6. The lowest BCUT2D eigenvalue weighted by Crippen LogP contribution is -2.54. The van der Waals surface area contributed by atoms with E-state index in [1.807, 2.05) is 6.08 Å². The van der Waals surface area contributed by atoms with E-state index in [0.717, 1.165) is 23.3 Å². The number of benzene rings is 1. The first-order valence-electron chi connectivity index (χ1n) is 12.3. The molecule has 2 aliphatic rings. The zero-order chi connectivity index (χ0) is 27.3. The van der Waals surface area contributed by atoms with Crippen molar-refractivity contribution in [2.24, 2.45) is 5.41 Å². The van der Waals surface area contributed by atoms with Crippen LogP contribution in [0.4, 0.5) is 18.0 Å². The fourth-order valence-electron chi connectivity index (χ4n) is 5.07. The summed E-state index contributed by atoms with van der Waals surface area (Å²) < 4.78 is 46.3. The highest BCUT2D eigenvalue weighted by atomic mass is 19.4. The van der Waals surface area contributed by atoms with Crippen molar-refractivity contribution in [1.29, 1.82) is 0 Å². The molecule has 3 heterocycles. The lowest BCUT2D eigenvalue weighted by molar-refractivity contribution is -0.137. The van der Waals surface area contributed by atoms with Crippen molar-refractivity contribution in [1.82, 2.24) is 19.7 Å². The molecule has 0 radical (unpaired) electrons. The van der Waals surface area contributed by atoms with Crippen LogP contribution < -0.4 is 0 Å². The third-order valence-electron chi connectivity index (χ3n) is 6.84. The quantitative estimate of drug-likeness (QED) is 0.409. The Morgan fingerprint density at radius 1 is 1.05 bits per heavy atom. The molecular weight excluding hydrogens is 497 g/mol. The van der Waals surface area contributed by atoms with E-state index < -0.39 is 28.8 Å². The maximum Gasteiger partial charge on any atom is 0.416 e. The van der Waals surface area contributed by atoms with E-state index in [1.54, 1.807) is 60.9 Å². The molecule has 1 amide bonds. The largest absolute Gasteiger partial charge is 0.444 e. The highest BCUT2D eigenvalue weighted by molar-refractivity contribution is 6.03. The lowest BCUT2D eigenvalue weighted by Gasteiger charge is -2.45. The first-order chi connectivity index (χ1) is 17.9. The number of hydrogen-bond donors (Lipinski definition) is 0. The van der Waals surface area contributed by atoms with Gasteiger partial charge >= 0.3 is 12.3 Å². The summed E-state index contributed by atoms with van der Waals surface area (Å²) in [5.41, 5.74) is 0.565. The number of carbonyl (C=O) groups is 2. The number of pyridine rings is 1. The number of amides is 1. The minimum Gasteiger partial charge on any atom is -0.444 e. The Kier molecular flexibility index (Phi) is 6.16. The van der Waals surface area contributed by atoms with Gasteiger partial charge in [-0.1, -0.05) is 11.6 Å². The van der Waals surface area contributed by atoms with Crippen molar-refractivity contribution < 1.29 is 27.5 Å². The average molecular weight is 525 g/mol. The fourth-order valence-corrected chi connectivity index (χ4v) is 5.07. The molecule has 7 nitrogen and oxygen atoms in total. The SMILES string of the molecule is CC(C)(C)OC(=O)N1CCC2=Cc3c(cnn3-c3ccc(C(F)(F)F)cc3)CC2(C(=O)c2ccccn2)C1. The number of rotatable bonds is 3. The van der Waals surface area contributed by atoms with E-state index in [1.165, 1.54) is 12.1 Å². The van der Waals surface area contributed by atoms with Crippen LogP contribution in [0.25, 0.3) is 11.8 Å². The number of hydrogen-bond acceptors (Lipinski definition) is 5. The zero-order valence-electron chi connectivity index (χ0n) is 21.2. The third kappa shape index (κ3) is 4.70. The Morgan fingerprint density at radius 2 is 1.79 bits per heavy atom. The van der Waals surface area contributed by atoms with Gasteiger partial charge in [0.25, 0.3) is 0 Å². The van der Waals surface area contributed by atoms with Gasteiger partial charge < -0.3 is 9.64 Å². The van der Waals surface area contributed by atoms with Crippen molar-refractivity contribution in [3.63, 3.8) is 0 Å². The van der Waals surface area contributed by atoms with E-state index in [4.69, 9.17) is 4.74 Å². The van der Waals surface area contributed by atoms with E-state index in [9.17, 15) is 22.8 Å². The molecule has 1 saturated heterocycles. The van der Waals surface area contributed by atoms with E-state index >= 15 is 0 Å². The molecule has 1 fully saturated rings. The molecule has 1 atom stereocenters. The van der Waals surface area contributed by atoms with Crippen LogP contribution in [0.2, 0.25) is 0 Å². The predicted molar refractivity (Wildman–Crippen MR) is 134 cm³/mol. The molecule has 5 rings (SSSR count). The monoisotopic (exact) mass is 524 g/mol. The summed E-state index contributed by atoms with van der Waals surface area (Å²) >= 11 is 0. The standard InChI is InChI=1S/C28H27F3N4O3/c1-26(2,3)38-25(37)34-13-11-20-14-23-18(15-27(20,17-34)24(36)22-6-4-5-12-32-22)16-33-35(23)21-9-7-19(8-10-21)28(29,30)31/h4-10,12,14,16H,11,13,15,17H2,1-3H3. The molecule has 38 heavy (non-hydrogen) atoms. The Hall–Kier alpha value is -3.95. The average Bonchev–Trinajstić information content (AvgIpc) is 3.27. The molecule has 198 valence electrons. The topological polar surface area (TPSA) is 77.3 Å². The van der Waals surface area contributed by atoms with Crippen LogP contribution in [0.1, 0.15) is 54.5 Å². The number of ketones is 1. The molecule has 0 N–H and O–H groups in total. The highest BCUT2D eigenvalue weighted by Crippen LogP contribution is 2.46. The van der Waals surface area contributed by atoms with Gasteiger partial charge in [-0.2, -0.15) is 18.3 Å². The summed E-state index contributed by atoms with van der Waals surface area (Å²) in [5, 5.41) is 4.44. The summed E-state index contributed by atoms with van der Waals surface area (Å²) in [5.74, 6) is -0.203. The summed E-state index contributed by atoms with van der Waals surface area (Å²) in [6.07, 6.45) is 0.836. The van der Waals surface area contributed by atoms with Gasteiger partial charge in [0.1, 0.15) is 11.3 Å². The van der Waals surface area contributed by atoms with Crippen molar-refractivity contribution in [2.45, 2.75) is 45.4 Å². The van der Waals surface area contributed by atoms with E-state index in [-0.39, 0.29) is 18.7 Å². The van der Waals surface area contributed by atoms with Crippen molar-refractivity contribution in [3.05, 3.63) is 82.9 Å². The summed E-state index contributed by atoms with van der Waals surface area (Å²) in [4.78, 5) is 32.8. The molecule has 1 aliphatic carbocycles. The van der Waals surface area contributed by atoms with Gasteiger partial charge in [0.05, 0.1) is 28.6 Å². The molecule has 0 bridgehead atoms. The Labute approximate surface area is 217 Å².